The molecule has 1 amide bonds. The first-order valence-corrected chi connectivity index (χ1v) is 29.4. The second-order valence-electron chi connectivity index (χ2n) is 21.1. The predicted molar refractivity (Wildman–Crippen MR) is 282 cm³/mol. The summed E-state index contributed by atoms with van der Waals surface area (Å²) in [5.74, 6) is -0.234. The van der Waals surface area contributed by atoms with Gasteiger partial charge in [0.1, 0.15) is 48.8 Å². The van der Waals surface area contributed by atoms with E-state index in [1.807, 2.05) is 6.08 Å². The number of carbonyl (C=O) groups excluding carboxylic acids is 1. The number of ether oxygens (including phenoxy) is 4. The number of aliphatic hydroxyl groups is 8. The van der Waals surface area contributed by atoms with Crippen molar-refractivity contribution in [2.24, 2.45) is 0 Å². The maximum atomic E-state index is 13.2. The summed E-state index contributed by atoms with van der Waals surface area (Å²) in [6.45, 7) is 2.83. The van der Waals surface area contributed by atoms with Gasteiger partial charge >= 0.3 is 0 Å². The smallest absolute Gasteiger partial charge is 0.220 e. The summed E-state index contributed by atoms with van der Waals surface area (Å²) in [7, 11) is 0. The second kappa shape index (κ2) is 43.9. The van der Waals surface area contributed by atoms with E-state index in [9.17, 15) is 45.6 Å². The average molecular weight is 1020 g/mol. The lowest BCUT2D eigenvalue weighted by Crippen LogP contribution is -2.65. The molecule has 12 atom stereocenters. The third-order valence-electron chi connectivity index (χ3n) is 14.7. The molecule has 12 unspecified atom stereocenters. The Kier molecular flexibility index (Phi) is 40.7. The number of carbonyl (C=O) groups is 1. The molecule has 420 valence electrons. The Morgan fingerprint density at radius 3 is 1.30 bits per heavy atom. The Hall–Kier alpha value is -1.27. The number of rotatable bonds is 47. The number of aliphatic hydroxyl groups excluding tert-OH is 8. The summed E-state index contributed by atoms with van der Waals surface area (Å²) in [4.78, 5) is 13.2. The molecule has 2 rings (SSSR count). The number of hydrogen-bond donors (Lipinski definition) is 9. The first-order valence-electron chi connectivity index (χ1n) is 29.4. The third-order valence-corrected chi connectivity index (χ3v) is 14.7. The van der Waals surface area contributed by atoms with Gasteiger partial charge in [-0.05, 0) is 19.3 Å². The van der Waals surface area contributed by atoms with Crippen molar-refractivity contribution in [1.29, 1.82) is 0 Å². The van der Waals surface area contributed by atoms with Gasteiger partial charge in [-0.15, -0.1) is 0 Å². The third kappa shape index (κ3) is 30.2. The van der Waals surface area contributed by atoms with Gasteiger partial charge in [0.05, 0.1) is 32.0 Å². The SMILES string of the molecule is CCCCCCCCCCCCCCCCC/C=C/C(O)C(COC1OC(CO)C(OC2OC(CO)C(O)C(O)C2O)C(O)C1O)NC(=O)CCCCCCCCCCCCCCCCCCCCCC. The van der Waals surface area contributed by atoms with Crippen molar-refractivity contribution in [3.05, 3.63) is 12.2 Å². The quantitative estimate of drug-likeness (QED) is 0.0205. The highest BCUT2D eigenvalue weighted by molar-refractivity contribution is 5.76. The molecule has 0 aliphatic carbocycles. The van der Waals surface area contributed by atoms with Crippen LogP contribution in [0.2, 0.25) is 0 Å². The van der Waals surface area contributed by atoms with Crippen LogP contribution in [0.5, 0.6) is 0 Å². The number of nitrogens with one attached hydrogen (secondary N) is 1. The van der Waals surface area contributed by atoms with E-state index in [1.165, 1.54) is 186 Å². The molecule has 9 N–H and O–H groups in total. The lowest BCUT2D eigenvalue weighted by Gasteiger charge is -2.46. The summed E-state index contributed by atoms with van der Waals surface area (Å²) in [5, 5.41) is 87.0. The minimum atomic E-state index is -1.78. The molecule has 2 fully saturated rings. The Labute approximate surface area is 431 Å². The van der Waals surface area contributed by atoms with Gasteiger partial charge in [-0.25, -0.2) is 0 Å². The van der Waals surface area contributed by atoms with E-state index < -0.39 is 86.8 Å². The van der Waals surface area contributed by atoms with E-state index in [4.69, 9.17) is 18.9 Å². The van der Waals surface area contributed by atoms with Crippen LogP contribution in [0.4, 0.5) is 0 Å². The number of unbranched alkanes of at least 4 members (excludes halogenated alkanes) is 34. The maximum absolute atomic E-state index is 13.2. The van der Waals surface area contributed by atoms with Gasteiger partial charge in [0.15, 0.2) is 12.6 Å². The first-order chi connectivity index (χ1) is 34.6. The zero-order valence-electron chi connectivity index (χ0n) is 45.0. The van der Waals surface area contributed by atoms with Crippen molar-refractivity contribution in [1.82, 2.24) is 5.32 Å². The minimum Gasteiger partial charge on any atom is -0.394 e. The van der Waals surface area contributed by atoms with Crippen LogP contribution in [0.25, 0.3) is 0 Å². The van der Waals surface area contributed by atoms with Gasteiger partial charge < -0.3 is 65.1 Å². The van der Waals surface area contributed by atoms with E-state index in [1.54, 1.807) is 6.08 Å². The van der Waals surface area contributed by atoms with Crippen molar-refractivity contribution in [2.45, 2.75) is 325 Å². The molecule has 2 saturated heterocycles. The van der Waals surface area contributed by atoms with Gasteiger partial charge in [-0.3, -0.25) is 4.79 Å². The molecule has 71 heavy (non-hydrogen) atoms. The summed E-state index contributed by atoms with van der Waals surface area (Å²) in [5.41, 5.74) is 0. The molecule has 0 aromatic carbocycles. The largest absolute Gasteiger partial charge is 0.394 e. The number of amides is 1. The van der Waals surface area contributed by atoms with Crippen LogP contribution in [0.1, 0.15) is 251 Å². The molecule has 0 aromatic rings. The molecule has 14 nitrogen and oxygen atoms in total. The van der Waals surface area contributed by atoms with Crippen molar-refractivity contribution < 1.29 is 64.6 Å². The van der Waals surface area contributed by atoms with Gasteiger partial charge in [-0.2, -0.15) is 0 Å². The van der Waals surface area contributed by atoms with E-state index >= 15 is 0 Å². The minimum absolute atomic E-state index is 0.234. The normalized spacial score (nSPS) is 25.8. The van der Waals surface area contributed by atoms with Crippen molar-refractivity contribution in [2.75, 3.05) is 19.8 Å². The van der Waals surface area contributed by atoms with Gasteiger partial charge in [0, 0.05) is 6.42 Å². The van der Waals surface area contributed by atoms with Gasteiger partial charge in [0.2, 0.25) is 5.91 Å². The van der Waals surface area contributed by atoms with Crippen LogP contribution >= 0.6 is 0 Å². The van der Waals surface area contributed by atoms with Crippen LogP contribution in [-0.2, 0) is 23.7 Å². The fraction of sp³-hybridized carbons (Fsp3) is 0.947. The van der Waals surface area contributed by atoms with Gasteiger partial charge in [0.25, 0.3) is 0 Å². The predicted octanol–water partition coefficient (Wildman–Crippen LogP) is 9.50. The number of hydrogen-bond acceptors (Lipinski definition) is 13. The summed E-state index contributed by atoms with van der Waals surface area (Å²) in [6, 6.07) is -0.909. The zero-order valence-corrected chi connectivity index (χ0v) is 45.0. The molecule has 0 spiro atoms. The summed E-state index contributed by atoms with van der Waals surface area (Å²) in [6.07, 6.45) is 32.4. The zero-order chi connectivity index (χ0) is 51.7. The molecule has 0 saturated carbocycles. The molecule has 0 bridgehead atoms. The Morgan fingerprint density at radius 2 is 0.873 bits per heavy atom. The molecule has 2 aliphatic rings. The topological polar surface area (TPSA) is 228 Å². The monoisotopic (exact) mass is 1020 g/mol. The van der Waals surface area contributed by atoms with Crippen LogP contribution in [-0.4, -0.2) is 140 Å². The van der Waals surface area contributed by atoms with Crippen LogP contribution < -0.4 is 5.32 Å². The van der Waals surface area contributed by atoms with Crippen molar-refractivity contribution >= 4 is 5.91 Å². The van der Waals surface area contributed by atoms with E-state index in [2.05, 4.69) is 19.2 Å². The van der Waals surface area contributed by atoms with Crippen molar-refractivity contribution in [3.63, 3.8) is 0 Å². The van der Waals surface area contributed by atoms with E-state index in [-0.39, 0.29) is 18.9 Å². The van der Waals surface area contributed by atoms with E-state index in [0.717, 1.165) is 38.5 Å². The summed E-state index contributed by atoms with van der Waals surface area (Å²) >= 11 is 0. The lowest BCUT2D eigenvalue weighted by atomic mass is 9.97. The fourth-order valence-electron chi connectivity index (χ4n) is 9.94. The summed E-state index contributed by atoms with van der Waals surface area (Å²) < 4.78 is 22.8. The fourth-order valence-corrected chi connectivity index (χ4v) is 9.94. The molecule has 14 heteroatoms. The molecular weight excluding hydrogens is 907 g/mol. The maximum Gasteiger partial charge on any atom is 0.220 e. The number of allylic oxidation sites excluding steroid dienone is 1. The lowest BCUT2D eigenvalue weighted by molar-refractivity contribution is -0.359. The second-order valence-corrected chi connectivity index (χ2v) is 21.1. The highest BCUT2D eigenvalue weighted by Gasteiger charge is 2.51. The van der Waals surface area contributed by atoms with Gasteiger partial charge in [-0.1, -0.05) is 238 Å². The highest BCUT2D eigenvalue weighted by atomic mass is 16.7. The molecule has 2 heterocycles. The Morgan fingerprint density at radius 1 is 0.493 bits per heavy atom. The molecule has 0 radical (unpaired) electrons. The van der Waals surface area contributed by atoms with Crippen LogP contribution in [0, 0.1) is 0 Å². The molecule has 0 aromatic heterocycles. The Balaban J connectivity index is 1.77. The highest BCUT2D eigenvalue weighted by Crippen LogP contribution is 2.30. The first kappa shape index (κ1) is 65.8. The average Bonchev–Trinajstić information content (AvgIpc) is 3.37. The Bertz CT molecular complexity index is 1240. The van der Waals surface area contributed by atoms with Crippen LogP contribution in [0.3, 0.4) is 0 Å². The van der Waals surface area contributed by atoms with E-state index in [0.29, 0.717) is 6.42 Å². The standard InChI is InChI=1S/C57H109NO13/c1-3-5-7-9-11-13-15-17-19-21-22-23-25-27-29-31-33-35-37-39-41-49(62)58-45(46(61)40-38-36-34-32-30-28-26-24-20-18-16-14-12-10-8-6-4-2)44-68-56-54(67)52(65)55(48(43-60)70-56)71-57-53(66)51(64)50(63)47(42-59)69-57/h38,40,45-48,50-57,59-61,63-67H,3-37,39,41-44H2,1-2H3,(H,58,62)/b40-38+. The van der Waals surface area contributed by atoms with Crippen molar-refractivity contribution in [3.8, 4) is 0 Å². The molecule has 2 aliphatic heterocycles. The molecular formula is C57H109NO13. The van der Waals surface area contributed by atoms with Crippen LogP contribution in [0.15, 0.2) is 12.2 Å².